The van der Waals surface area contributed by atoms with Crippen molar-refractivity contribution in [1.82, 2.24) is 15.5 Å². The maximum atomic E-state index is 11.9. The minimum atomic E-state index is -0.0875. The van der Waals surface area contributed by atoms with Crippen molar-refractivity contribution >= 4 is 17.8 Å². The molecule has 8 heteroatoms. The molecular formula is C19H36N4O4. The van der Waals surface area contributed by atoms with Crippen molar-refractivity contribution in [2.24, 2.45) is 10.9 Å². The summed E-state index contributed by atoms with van der Waals surface area (Å²) < 4.78 is 10.5. The Hall–Kier alpha value is -1.83. The smallest absolute Gasteiger partial charge is 0.308 e. The molecule has 0 unspecified atom stereocenters. The lowest BCUT2D eigenvalue weighted by molar-refractivity contribution is -0.149. The summed E-state index contributed by atoms with van der Waals surface area (Å²) in [5.74, 6) is 0.506. The number of ether oxygens (including phenoxy) is 2. The van der Waals surface area contributed by atoms with E-state index in [-0.39, 0.29) is 30.4 Å². The van der Waals surface area contributed by atoms with E-state index in [0.717, 1.165) is 38.6 Å². The van der Waals surface area contributed by atoms with E-state index < -0.39 is 0 Å². The number of likely N-dealkylation sites (N-methyl/N-ethyl adjacent to an activating group) is 1. The third-order valence-electron chi connectivity index (χ3n) is 4.52. The molecule has 0 atom stereocenters. The summed E-state index contributed by atoms with van der Waals surface area (Å²) in [7, 11) is 3.44. The highest BCUT2D eigenvalue weighted by Gasteiger charge is 2.27. The molecule has 1 amide bonds. The van der Waals surface area contributed by atoms with Crippen LogP contribution in [0, 0.1) is 5.92 Å². The van der Waals surface area contributed by atoms with Gasteiger partial charge < -0.3 is 25.0 Å². The average Bonchev–Trinajstić information content (AvgIpc) is 2.66. The molecule has 0 heterocycles. The summed E-state index contributed by atoms with van der Waals surface area (Å²) in [6.45, 7) is 6.46. The zero-order valence-electron chi connectivity index (χ0n) is 17.3. The monoisotopic (exact) mass is 384 g/mol. The molecule has 0 aromatic carbocycles. The molecule has 0 aliphatic heterocycles. The maximum absolute atomic E-state index is 11.9. The van der Waals surface area contributed by atoms with Gasteiger partial charge in [0.2, 0.25) is 5.91 Å². The number of guanidine groups is 1. The van der Waals surface area contributed by atoms with Crippen LogP contribution in [-0.4, -0.2) is 75.8 Å². The minimum Gasteiger partial charge on any atom is -0.466 e. The van der Waals surface area contributed by atoms with E-state index in [0.29, 0.717) is 25.8 Å². The number of rotatable bonds is 10. The van der Waals surface area contributed by atoms with Crippen LogP contribution in [0.25, 0.3) is 0 Å². The molecule has 1 rings (SSSR count). The molecule has 0 bridgehead atoms. The van der Waals surface area contributed by atoms with Crippen LogP contribution in [0.1, 0.15) is 46.0 Å². The fraction of sp³-hybridized carbons (Fsp3) is 0.842. The van der Waals surface area contributed by atoms with Crippen LogP contribution in [-0.2, 0) is 19.1 Å². The molecule has 0 saturated heterocycles. The van der Waals surface area contributed by atoms with E-state index in [1.54, 1.807) is 14.1 Å². The Labute approximate surface area is 163 Å². The number of aliphatic imine (C=N–C) groups is 1. The highest BCUT2D eigenvalue weighted by Crippen LogP contribution is 2.25. The number of nitrogens with zero attached hydrogens (tertiary/aromatic N) is 2. The van der Waals surface area contributed by atoms with E-state index >= 15 is 0 Å². The van der Waals surface area contributed by atoms with Crippen molar-refractivity contribution in [3.05, 3.63) is 0 Å². The predicted octanol–water partition coefficient (Wildman–Crippen LogP) is 1.16. The summed E-state index contributed by atoms with van der Waals surface area (Å²) in [5.41, 5.74) is 0. The highest BCUT2D eigenvalue weighted by atomic mass is 16.5. The van der Waals surface area contributed by atoms with Gasteiger partial charge in [0, 0.05) is 39.9 Å². The molecule has 0 spiro atoms. The highest BCUT2D eigenvalue weighted by molar-refractivity contribution is 5.85. The molecule has 156 valence electrons. The molecule has 0 aromatic rings. The Kier molecular flexibility index (Phi) is 11.5. The Morgan fingerprint density at radius 1 is 1.11 bits per heavy atom. The van der Waals surface area contributed by atoms with Crippen LogP contribution in [0.3, 0.4) is 0 Å². The average molecular weight is 385 g/mol. The van der Waals surface area contributed by atoms with Gasteiger partial charge in [-0.15, -0.1) is 0 Å². The first-order valence-corrected chi connectivity index (χ1v) is 9.97. The lowest BCUT2D eigenvalue weighted by atomic mass is 9.86. The van der Waals surface area contributed by atoms with Crippen molar-refractivity contribution in [3.8, 4) is 0 Å². The Morgan fingerprint density at radius 3 is 2.41 bits per heavy atom. The number of nitrogens with one attached hydrogen (secondary N) is 2. The maximum Gasteiger partial charge on any atom is 0.308 e. The summed E-state index contributed by atoms with van der Waals surface area (Å²) in [6.07, 6.45) is 4.25. The Balaban J connectivity index is 2.51. The standard InChI is InChI=1S/C19H36N4O4/c1-5-26-13-7-12-20-19(21-14-17(24)23(3)4)22-16-10-8-15(9-11-16)18(25)27-6-2/h15-16H,5-14H2,1-4H3,(H2,20,21,22). The minimum absolute atomic E-state index is 0.00198. The summed E-state index contributed by atoms with van der Waals surface area (Å²) in [6, 6.07) is 0.239. The quantitative estimate of drug-likeness (QED) is 0.254. The molecule has 2 N–H and O–H groups in total. The molecule has 8 nitrogen and oxygen atoms in total. The van der Waals surface area contributed by atoms with E-state index in [2.05, 4.69) is 15.6 Å². The van der Waals surface area contributed by atoms with Crippen LogP contribution >= 0.6 is 0 Å². The second kappa shape index (κ2) is 13.4. The van der Waals surface area contributed by atoms with Crippen LogP contribution in [0.5, 0.6) is 0 Å². The number of carbonyl (C=O) groups excluding carboxylic acids is 2. The normalized spacial score (nSPS) is 20.1. The molecule has 0 radical (unpaired) electrons. The van der Waals surface area contributed by atoms with E-state index in [1.807, 2.05) is 13.8 Å². The van der Waals surface area contributed by atoms with Crippen molar-refractivity contribution in [2.45, 2.75) is 52.0 Å². The molecular weight excluding hydrogens is 348 g/mol. The number of esters is 1. The third kappa shape index (κ3) is 9.60. The SMILES string of the molecule is CCOCCCNC(=NCC(=O)N(C)C)NC1CCC(C(=O)OCC)CC1. The van der Waals surface area contributed by atoms with Crippen LogP contribution < -0.4 is 10.6 Å². The zero-order chi connectivity index (χ0) is 20.1. The zero-order valence-corrected chi connectivity index (χ0v) is 17.3. The lowest BCUT2D eigenvalue weighted by Gasteiger charge is -2.29. The van der Waals surface area contributed by atoms with Gasteiger partial charge in [-0.2, -0.15) is 0 Å². The van der Waals surface area contributed by atoms with Gasteiger partial charge >= 0.3 is 5.97 Å². The molecule has 1 saturated carbocycles. The summed E-state index contributed by atoms with van der Waals surface area (Å²) >= 11 is 0. The number of hydrogen-bond acceptors (Lipinski definition) is 5. The van der Waals surface area contributed by atoms with Gasteiger partial charge in [0.15, 0.2) is 5.96 Å². The Morgan fingerprint density at radius 2 is 1.81 bits per heavy atom. The first-order chi connectivity index (χ1) is 13.0. The van der Waals surface area contributed by atoms with Gasteiger partial charge in [0.05, 0.1) is 12.5 Å². The van der Waals surface area contributed by atoms with E-state index in [9.17, 15) is 9.59 Å². The first-order valence-electron chi connectivity index (χ1n) is 9.97. The number of amides is 1. The first kappa shape index (κ1) is 23.2. The molecule has 1 fully saturated rings. The van der Waals surface area contributed by atoms with Gasteiger partial charge in [-0.25, -0.2) is 4.99 Å². The van der Waals surface area contributed by atoms with Crippen molar-refractivity contribution in [2.75, 3.05) is 47.0 Å². The van der Waals surface area contributed by atoms with Crippen LogP contribution in [0.15, 0.2) is 4.99 Å². The predicted molar refractivity (Wildman–Crippen MR) is 106 cm³/mol. The van der Waals surface area contributed by atoms with Crippen molar-refractivity contribution in [3.63, 3.8) is 0 Å². The molecule has 1 aliphatic carbocycles. The lowest BCUT2D eigenvalue weighted by Crippen LogP contribution is -2.46. The van der Waals surface area contributed by atoms with Crippen molar-refractivity contribution in [1.29, 1.82) is 0 Å². The number of hydrogen-bond donors (Lipinski definition) is 2. The van der Waals surface area contributed by atoms with Crippen LogP contribution in [0.4, 0.5) is 0 Å². The van der Waals surface area contributed by atoms with E-state index in [1.165, 1.54) is 4.90 Å². The number of carbonyl (C=O) groups is 2. The van der Waals surface area contributed by atoms with Gasteiger partial charge in [0.25, 0.3) is 0 Å². The topological polar surface area (TPSA) is 92.3 Å². The van der Waals surface area contributed by atoms with Gasteiger partial charge in [-0.05, 0) is 46.0 Å². The fourth-order valence-electron chi connectivity index (χ4n) is 2.89. The van der Waals surface area contributed by atoms with Gasteiger partial charge in [0.1, 0.15) is 6.54 Å². The van der Waals surface area contributed by atoms with Crippen LogP contribution in [0.2, 0.25) is 0 Å². The third-order valence-corrected chi connectivity index (χ3v) is 4.52. The van der Waals surface area contributed by atoms with Gasteiger partial charge in [-0.3, -0.25) is 9.59 Å². The fourth-order valence-corrected chi connectivity index (χ4v) is 2.89. The summed E-state index contributed by atoms with van der Waals surface area (Å²) in [5, 5.41) is 6.68. The van der Waals surface area contributed by atoms with Crippen molar-refractivity contribution < 1.29 is 19.1 Å². The summed E-state index contributed by atoms with van der Waals surface area (Å²) in [4.78, 5) is 29.6. The van der Waals surface area contributed by atoms with Gasteiger partial charge in [-0.1, -0.05) is 0 Å². The molecule has 27 heavy (non-hydrogen) atoms. The van der Waals surface area contributed by atoms with E-state index in [4.69, 9.17) is 9.47 Å². The largest absolute Gasteiger partial charge is 0.466 e. The Bertz CT molecular complexity index is 474. The molecule has 1 aliphatic rings. The molecule has 0 aromatic heterocycles. The second-order valence-corrected chi connectivity index (χ2v) is 6.88. The second-order valence-electron chi connectivity index (χ2n) is 6.88.